The summed E-state index contributed by atoms with van der Waals surface area (Å²) < 4.78 is 5.05. The zero-order valence-corrected chi connectivity index (χ0v) is 11.1. The molecule has 0 heterocycles. The topological polar surface area (TPSA) is 38.3 Å². The molecule has 2 aromatic rings. The van der Waals surface area contributed by atoms with Crippen molar-refractivity contribution in [3.8, 4) is 0 Å². The van der Waals surface area contributed by atoms with Crippen molar-refractivity contribution in [3.63, 3.8) is 0 Å². The van der Waals surface area contributed by atoms with Crippen LogP contribution in [0.4, 0.5) is 11.4 Å². The van der Waals surface area contributed by atoms with Gasteiger partial charge in [-0.25, -0.2) is 4.79 Å². The van der Waals surface area contributed by atoms with Gasteiger partial charge in [0.15, 0.2) is 0 Å². The lowest BCUT2D eigenvalue weighted by Crippen LogP contribution is -2.07. The minimum absolute atomic E-state index is 0.307. The number of carbonyl (C=O) groups excluding carboxylic acids is 1. The lowest BCUT2D eigenvalue weighted by atomic mass is 10.1. The van der Waals surface area contributed by atoms with Crippen molar-refractivity contribution >= 4 is 17.3 Å². The Hall–Kier alpha value is -2.29. The minimum atomic E-state index is -0.307. The smallest absolute Gasteiger partial charge is 0.340 e. The summed E-state index contributed by atoms with van der Waals surface area (Å²) in [6.45, 7) is 4.20. The lowest BCUT2D eigenvalue weighted by Gasteiger charge is -2.11. The molecule has 1 N–H and O–H groups in total. The van der Waals surface area contributed by atoms with E-state index in [1.165, 1.54) is 5.56 Å². The molecule has 0 bridgehead atoms. The summed E-state index contributed by atoms with van der Waals surface area (Å²) in [5.41, 5.74) is 3.42. The quantitative estimate of drug-likeness (QED) is 0.842. The van der Waals surface area contributed by atoms with E-state index in [0.29, 0.717) is 12.2 Å². The Labute approximate surface area is 113 Å². The number of nitrogens with one attached hydrogen (secondary N) is 1. The normalized spacial score (nSPS) is 10.0. The molecule has 0 radical (unpaired) electrons. The number of hydrogen-bond acceptors (Lipinski definition) is 3. The third-order valence-corrected chi connectivity index (χ3v) is 2.72. The van der Waals surface area contributed by atoms with Gasteiger partial charge in [0.2, 0.25) is 0 Å². The van der Waals surface area contributed by atoms with Crippen molar-refractivity contribution < 1.29 is 9.53 Å². The molecule has 0 aliphatic rings. The Bertz CT molecular complexity index is 578. The summed E-state index contributed by atoms with van der Waals surface area (Å²) in [5.74, 6) is -0.307. The van der Waals surface area contributed by atoms with Crippen molar-refractivity contribution in [2.75, 3.05) is 11.9 Å². The van der Waals surface area contributed by atoms with Crippen LogP contribution in [-0.4, -0.2) is 12.6 Å². The number of rotatable bonds is 4. The van der Waals surface area contributed by atoms with Gasteiger partial charge in [-0.2, -0.15) is 0 Å². The van der Waals surface area contributed by atoms with Crippen LogP contribution in [0.25, 0.3) is 0 Å². The highest BCUT2D eigenvalue weighted by Crippen LogP contribution is 2.22. The Morgan fingerprint density at radius 2 is 1.95 bits per heavy atom. The largest absolute Gasteiger partial charge is 0.462 e. The van der Waals surface area contributed by atoms with Gasteiger partial charge < -0.3 is 10.1 Å². The number of esters is 1. The Balaban J connectivity index is 2.27. The second kappa shape index (κ2) is 6.05. The summed E-state index contributed by atoms with van der Waals surface area (Å²) in [6.07, 6.45) is 0. The van der Waals surface area contributed by atoms with Crippen LogP contribution in [0.2, 0.25) is 0 Å². The molecule has 0 fully saturated rings. The second-order valence-electron chi connectivity index (χ2n) is 4.26. The molecule has 0 aliphatic carbocycles. The maximum absolute atomic E-state index is 11.9. The van der Waals surface area contributed by atoms with Crippen LogP contribution in [-0.2, 0) is 4.74 Å². The number of anilines is 2. The molecule has 2 rings (SSSR count). The van der Waals surface area contributed by atoms with Gasteiger partial charge in [-0.15, -0.1) is 0 Å². The molecule has 0 saturated carbocycles. The molecule has 0 aromatic heterocycles. The maximum atomic E-state index is 11.9. The van der Waals surface area contributed by atoms with Crippen molar-refractivity contribution in [2.45, 2.75) is 13.8 Å². The van der Waals surface area contributed by atoms with E-state index in [9.17, 15) is 4.79 Å². The van der Waals surface area contributed by atoms with Gasteiger partial charge in [0.1, 0.15) is 0 Å². The molecule has 0 saturated heterocycles. The average Bonchev–Trinajstić information content (AvgIpc) is 2.39. The van der Waals surface area contributed by atoms with Crippen LogP contribution in [0.1, 0.15) is 22.8 Å². The average molecular weight is 255 g/mol. The molecule has 3 nitrogen and oxygen atoms in total. The summed E-state index contributed by atoms with van der Waals surface area (Å²) >= 11 is 0. The second-order valence-corrected chi connectivity index (χ2v) is 4.26. The van der Waals surface area contributed by atoms with Crippen LogP contribution in [0.3, 0.4) is 0 Å². The molecule has 19 heavy (non-hydrogen) atoms. The van der Waals surface area contributed by atoms with Crippen molar-refractivity contribution in [1.82, 2.24) is 0 Å². The zero-order chi connectivity index (χ0) is 13.7. The van der Waals surface area contributed by atoms with Gasteiger partial charge in [-0.1, -0.05) is 24.3 Å². The first kappa shape index (κ1) is 13.1. The standard InChI is InChI=1S/C16H17NO2/c1-3-19-16(18)14-9-4-5-10-15(14)17-13-8-6-7-12(2)11-13/h4-11,17H,3H2,1-2H3. The highest BCUT2D eigenvalue weighted by Gasteiger charge is 2.11. The first-order chi connectivity index (χ1) is 9.20. The van der Waals surface area contributed by atoms with Gasteiger partial charge in [0.25, 0.3) is 0 Å². The summed E-state index contributed by atoms with van der Waals surface area (Å²) in [7, 11) is 0. The molecular formula is C16H17NO2. The van der Waals surface area contributed by atoms with Crippen LogP contribution in [0.5, 0.6) is 0 Å². The van der Waals surface area contributed by atoms with Crippen molar-refractivity contribution in [2.24, 2.45) is 0 Å². The monoisotopic (exact) mass is 255 g/mol. The van der Waals surface area contributed by atoms with E-state index in [1.807, 2.05) is 49.4 Å². The molecule has 3 heteroatoms. The Morgan fingerprint density at radius 3 is 2.68 bits per heavy atom. The number of benzene rings is 2. The molecular weight excluding hydrogens is 238 g/mol. The number of para-hydroxylation sites is 1. The maximum Gasteiger partial charge on any atom is 0.340 e. The fourth-order valence-corrected chi connectivity index (χ4v) is 1.86. The van der Waals surface area contributed by atoms with Crippen LogP contribution >= 0.6 is 0 Å². The van der Waals surface area contributed by atoms with E-state index in [0.717, 1.165) is 11.4 Å². The van der Waals surface area contributed by atoms with E-state index in [-0.39, 0.29) is 5.97 Å². The van der Waals surface area contributed by atoms with Gasteiger partial charge in [0, 0.05) is 5.69 Å². The summed E-state index contributed by atoms with van der Waals surface area (Å²) in [4.78, 5) is 11.9. The third-order valence-electron chi connectivity index (χ3n) is 2.72. The molecule has 0 atom stereocenters. The summed E-state index contributed by atoms with van der Waals surface area (Å²) in [5, 5.41) is 3.25. The lowest BCUT2D eigenvalue weighted by molar-refractivity contribution is 0.0527. The number of ether oxygens (including phenoxy) is 1. The number of hydrogen-bond donors (Lipinski definition) is 1. The number of aryl methyl sites for hydroxylation is 1. The zero-order valence-electron chi connectivity index (χ0n) is 11.1. The SMILES string of the molecule is CCOC(=O)c1ccccc1Nc1cccc(C)c1. The molecule has 2 aromatic carbocycles. The molecule has 0 unspecified atom stereocenters. The number of carbonyl (C=O) groups is 1. The molecule has 98 valence electrons. The van der Waals surface area contributed by atoms with Crippen molar-refractivity contribution in [3.05, 3.63) is 59.7 Å². The van der Waals surface area contributed by atoms with E-state index in [4.69, 9.17) is 4.74 Å². The fourth-order valence-electron chi connectivity index (χ4n) is 1.86. The molecule has 0 aliphatic heterocycles. The third kappa shape index (κ3) is 3.35. The predicted octanol–water partition coefficient (Wildman–Crippen LogP) is 3.92. The van der Waals surface area contributed by atoms with Crippen LogP contribution in [0.15, 0.2) is 48.5 Å². The molecule has 0 amide bonds. The van der Waals surface area contributed by atoms with Crippen LogP contribution < -0.4 is 5.32 Å². The van der Waals surface area contributed by atoms with Gasteiger partial charge in [-0.3, -0.25) is 0 Å². The van der Waals surface area contributed by atoms with E-state index < -0.39 is 0 Å². The molecule has 0 spiro atoms. The van der Waals surface area contributed by atoms with E-state index >= 15 is 0 Å². The highest BCUT2D eigenvalue weighted by atomic mass is 16.5. The van der Waals surface area contributed by atoms with Crippen molar-refractivity contribution in [1.29, 1.82) is 0 Å². The van der Waals surface area contributed by atoms with E-state index in [1.54, 1.807) is 13.0 Å². The predicted molar refractivity (Wildman–Crippen MR) is 76.9 cm³/mol. The Kier molecular flexibility index (Phi) is 4.18. The minimum Gasteiger partial charge on any atom is -0.462 e. The van der Waals surface area contributed by atoms with Gasteiger partial charge in [-0.05, 0) is 43.7 Å². The summed E-state index contributed by atoms with van der Waals surface area (Å²) in [6, 6.07) is 15.4. The first-order valence-electron chi connectivity index (χ1n) is 6.30. The first-order valence-corrected chi connectivity index (χ1v) is 6.30. The fraction of sp³-hybridized carbons (Fsp3) is 0.188. The van der Waals surface area contributed by atoms with Crippen LogP contribution in [0, 0.1) is 6.92 Å². The highest BCUT2D eigenvalue weighted by molar-refractivity contribution is 5.96. The van der Waals surface area contributed by atoms with E-state index in [2.05, 4.69) is 5.32 Å². The van der Waals surface area contributed by atoms with Gasteiger partial charge >= 0.3 is 5.97 Å². The van der Waals surface area contributed by atoms with Gasteiger partial charge in [0.05, 0.1) is 17.9 Å². The Morgan fingerprint density at radius 1 is 1.16 bits per heavy atom.